The third-order valence-corrected chi connectivity index (χ3v) is 3.35. The van der Waals surface area contributed by atoms with Crippen LogP contribution in [0.2, 0.25) is 0 Å². The van der Waals surface area contributed by atoms with Crippen LogP contribution < -0.4 is 5.46 Å². The average molecular weight is 202 g/mol. The van der Waals surface area contributed by atoms with Crippen LogP contribution in [0.5, 0.6) is 0 Å². The van der Waals surface area contributed by atoms with Crippen LogP contribution in [0.25, 0.3) is 6.08 Å². The molecule has 0 nitrogen and oxygen atoms in total. The lowest BCUT2D eigenvalue weighted by atomic mass is 9.60. The largest absolute Gasteiger partial charge is 0.312 e. The van der Waals surface area contributed by atoms with Gasteiger partial charge in [0.05, 0.1) is 0 Å². The predicted molar refractivity (Wildman–Crippen MR) is 65.1 cm³/mol. The van der Waals surface area contributed by atoms with Gasteiger partial charge in [0.2, 0.25) is 0 Å². The summed E-state index contributed by atoms with van der Waals surface area (Å²) in [5.74, 6) is 0. The monoisotopic (exact) mass is 202 g/mol. The Labute approximate surface area is 90.3 Å². The highest BCUT2D eigenvalue weighted by atomic mass is 35.5. The molecule has 0 saturated carbocycles. The van der Waals surface area contributed by atoms with E-state index < -0.39 is 0 Å². The molecule has 2 rings (SSSR count). The zero-order chi connectivity index (χ0) is 10.1. The third kappa shape index (κ3) is 1.53. The summed E-state index contributed by atoms with van der Waals surface area (Å²) in [6.07, 6.45) is 4.29. The van der Waals surface area contributed by atoms with Crippen LogP contribution in [-0.4, -0.2) is 6.13 Å². The highest BCUT2D eigenvalue weighted by Gasteiger charge is 2.20. The van der Waals surface area contributed by atoms with E-state index >= 15 is 0 Å². The molecule has 2 heteroatoms. The molecule has 0 fully saturated rings. The maximum absolute atomic E-state index is 6.40. The molecule has 0 N–H and O–H groups in total. The van der Waals surface area contributed by atoms with E-state index in [1.54, 1.807) is 0 Å². The molecule has 1 heterocycles. The molecule has 0 radical (unpaired) electrons. The number of allylic oxidation sites excluding steroid dienone is 3. The molecule has 0 spiro atoms. The lowest BCUT2D eigenvalue weighted by molar-refractivity contribution is 1.45. The second-order valence-corrected chi connectivity index (χ2v) is 4.13. The van der Waals surface area contributed by atoms with Crippen LogP contribution in [0, 0.1) is 0 Å². The molecule has 0 bridgehead atoms. The lowest BCUT2D eigenvalue weighted by Crippen LogP contribution is -2.27. The van der Waals surface area contributed by atoms with Crippen molar-refractivity contribution in [2.75, 3.05) is 0 Å². The Bertz CT molecular complexity index is 418. The van der Waals surface area contributed by atoms with Gasteiger partial charge in [-0.1, -0.05) is 52.9 Å². The molecule has 0 saturated heterocycles. The molecule has 0 aliphatic carbocycles. The van der Waals surface area contributed by atoms with Crippen molar-refractivity contribution in [2.24, 2.45) is 0 Å². The number of halogens is 1. The number of rotatable bonds is 0. The lowest BCUT2D eigenvalue weighted by Gasteiger charge is -2.09. The van der Waals surface area contributed by atoms with Gasteiger partial charge < -0.3 is 0 Å². The number of benzene rings is 1. The smallest absolute Gasteiger partial charge is 0.182 e. The van der Waals surface area contributed by atoms with Gasteiger partial charge in [0, 0.05) is 0 Å². The normalized spacial score (nSPS) is 15.5. The minimum Gasteiger partial charge on any atom is -0.182 e. The standard InChI is InChI=1S/C12H12BCl/c1-9-7-8-11-5-3-4-6-12(11)13(14)10(9)2/h3-8H,1-2H3. The fraction of sp³-hybridized carbons (Fsp3) is 0.167. The Hall–Kier alpha value is -0.945. The van der Waals surface area contributed by atoms with E-state index in [-0.39, 0.29) is 6.13 Å². The Kier molecular flexibility index (Phi) is 2.51. The molecule has 0 aromatic heterocycles. The highest BCUT2D eigenvalue weighted by Crippen LogP contribution is 2.18. The summed E-state index contributed by atoms with van der Waals surface area (Å²) in [6, 6.07) is 8.28. The first kappa shape index (κ1) is 9.60. The first-order valence-corrected chi connectivity index (χ1v) is 5.22. The quantitative estimate of drug-likeness (QED) is 0.567. The third-order valence-electron chi connectivity index (χ3n) is 2.78. The Morgan fingerprint density at radius 1 is 1.07 bits per heavy atom. The molecule has 0 atom stereocenters. The van der Waals surface area contributed by atoms with Gasteiger partial charge in [0.1, 0.15) is 0 Å². The SMILES string of the molecule is CC1=C(C)B(Cl)c2ccccc2C=C1. The molecule has 0 amide bonds. The van der Waals surface area contributed by atoms with Crippen molar-refractivity contribution in [3.05, 3.63) is 47.0 Å². The van der Waals surface area contributed by atoms with Crippen molar-refractivity contribution in [1.82, 2.24) is 0 Å². The van der Waals surface area contributed by atoms with Crippen molar-refractivity contribution in [2.45, 2.75) is 13.8 Å². The van der Waals surface area contributed by atoms with E-state index in [9.17, 15) is 0 Å². The fourth-order valence-electron chi connectivity index (χ4n) is 1.67. The first-order valence-electron chi connectivity index (χ1n) is 4.78. The van der Waals surface area contributed by atoms with Crippen LogP contribution in [0.1, 0.15) is 19.4 Å². The summed E-state index contributed by atoms with van der Waals surface area (Å²) < 4.78 is 0. The van der Waals surface area contributed by atoms with Gasteiger partial charge in [0.15, 0.2) is 0 Å². The van der Waals surface area contributed by atoms with Crippen LogP contribution in [0.15, 0.2) is 41.4 Å². The fourth-order valence-corrected chi connectivity index (χ4v) is 2.04. The van der Waals surface area contributed by atoms with Crippen LogP contribution >= 0.6 is 11.5 Å². The molecule has 1 aliphatic heterocycles. The van der Waals surface area contributed by atoms with Crippen molar-refractivity contribution >= 4 is 29.1 Å². The van der Waals surface area contributed by atoms with Gasteiger partial charge in [-0.05, 0) is 19.4 Å². The van der Waals surface area contributed by atoms with E-state index in [0.717, 1.165) is 0 Å². The summed E-state index contributed by atoms with van der Waals surface area (Å²) in [6.45, 7) is 4.20. The number of fused-ring (bicyclic) bond motifs is 1. The number of hydrogen-bond acceptors (Lipinski definition) is 0. The van der Waals surface area contributed by atoms with E-state index in [1.165, 1.54) is 22.1 Å². The van der Waals surface area contributed by atoms with Crippen molar-refractivity contribution < 1.29 is 0 Å². The summed E-state index contributed by atoms with van der Waals surface area (Å²) in [5, 5.41) is 0. The minimum atomic E-state index is 0.0150. The van der Waals surface area contributed by atoms with Crippen LogP contribution in [0.4, 0.5) is 0 Å². The first-order chi connectivity index (χ1) is 6.70. The molecule has 1 aliphatic rings. The molecule has 70 valence electrons. The second-order valence-electron chi connectivity index (χ2n) is 3.69. The van der Waals surface area contributed by atoms with Crippen LogP contribution in [0.3, 0.4) is 0 Å². The maximum atomic E-state index is 6.40. The Morgan fingerprint density at radius 3 is 2.57 bits per heavy atom. The highest BCUT2D eigenvalue weighted by molar-refractivity contribution is 7.18. The molecule has 1 aromatic carbocycles. The zero-order valence-electron chi connectivity index (χ0n) is 8.42. The predicted octanol–water partition coefficient (Wildman–Crippen LogP) is 3.03. The topological polar surface area (TPSA) is 0 Å². The van der Waals surface area contributed by atoms with Gasteiger partial charge in [-0.2, -0.15) is 11.5 Å². The van der Waals surface area contributed by atoms with Crippen LogP contribution in [-0.2, 0) is 0 Å². The van der Waals surface area contributed by atoms with Crippen molar-refractivity contribution in [3.63, 3.8) is 0 Å². The molecule has 0 unspecified atom stereocenters. The zero-order valence-corrected chi connectivity index (χ0v) is 9.18. The summed E-state index contributed by atoms with van der Waals surface area (Å²) in [4.78, 5) is 0. The minimum absolute atomic E-state index is 0.0150. The molecular weight excluding hydrogens is 190 g/mol. The van der Waals surface area contributed by atoms with Gasteiger partial charge in [-0.15, -0.1) is 0 Å². The number of hydrogen-bond donors (Lipinski definition) is 0. The van der Waals surface area contributed by atoms with E-state index in [0.29, 0.717) is 0 Å². The molecular formula is C12H12BCl. The summed E-state index contributed by atoms with van der Waals surface area (Å²) in [5.41, 5.74) is 4.94. The van der Waals surface area contributed by atoms with Gasteiger partial charge >= 0.3 is 6.13 Å². The van der Waals surface area contributed by atoms with Crippen molar-refractivity contribution in [1.29, 1.82) is 0 Å². The Morgan fingerprint density at radius 2 is 1.79 bits per heavy atom. The Balaban J connectivity index is 2.60. The molecule has 14 heavy (non-hydrogen) atoms. The average Bonchev–Trinajstić information content (AvgIpc) is 2.32. The second kappa shape index (κ2) is 3.66. The van der Waals surface area contributed by atoms with Gasteiger partial charge in [0.25, 0.3) is 0 Å². The molecule has 1 aromatic rings. The summed E-state index contributed by atoms with van der Waals surface area (Å²) in [7, 11) is 0. The summed E-state index contributed by atoms with van der Waals surface area (Å²) >= 11 is 6.40. The van der Waals surface area contributed by atoms with Crippen molar-refractivity contribution in [3.8, 4) is 0 Å². The van der Waals surface area contributed by atoms with Gasteiger partial charge in [-0.3, -0.25) is 0 Å². The van der Waals surface area contributed by atoms with E-state index in [4.69, 9.17) is 11.5 Å². The maximum Gasteiger partial charge on any atom is 0.312 e. The van der Waals surface area contributed by atoms with E-state index in [1.807, 2.05) is 12.1 Å². The van der Waals surface area contributed by atoms with E-state index in [2.05, 4.69) is 38.1 Å². The van der Waals surface area contributed by atoms with Gasteiger partial charge in [-0.25, -0.2) is 0 Å².